The third-order valence-electron chi connectivity index (χ3n) is 4.75. The highest BCUT2D eigenvalue weighted by Gasteiger charge is 2.29. The first-order valence-electron chi connectivity index (χ1n) is 8.33. The Morgan fingerprint density at radius 1 is 1.35 bits per heavy atom. The van der Waals surface area contributed by atoms with E-state index in [1.807, 2.05) is 11.9 Å². The molecule has 0 atom stereocenters. The van der Waals surface area contributed by atoms with Crippen molar-refractivity contribution in [2.24, 2.45) is 5.92 Å². The first kappa shape index (κ1) is 16.5. The molecule has 1 aromatic heterocycles. The summed E-state index contributed by atoms with van der Waals surface area (Å²) in [6, 6.07) is 1.98. The maximum absolute atomic E-state index is 12.3. The van der Waals surface area contributed by atoms with Crippen LogP contribution in [0.4, 0.5) is 0 Å². The van der Waals surface area contributed by atoms with Gasteiger partial charge < -0.3 is 14.5 Å². The molecule has 2 heterocycles. The molecule has 2 fully saturated rings. The summed E-state index contributed by atoms with van der Waals surface area (Å²) >= 11 is 5.86. The van der Waals surface area contributed by atoms with Crippen LogP contribution in [-0.4, -0.2) is 60.0 Å². The minimum absolute atomic E-state index is 0.00520. The summed E-state index contributed by atoms with van der Waals surface area (Å²) in [6.45, 7) is 3.46. The smallest absolute Gasteiger partial charge is 0.260 e. The number of rotatable bonds is 6. The fourth-order valence-electron chi connectivity index (χ4n) is 3.08. The van der Waals surface area contributed by atoms with E-state index in [4.69, 9.17) is 16.3 Å². The molecular weight excluding hydrogens is 314 g/mol. The molecule has 2 aliphatic rings. The van der Waals surface area contributed by atoms with E-state index in [-0.39, 0.29) is 12.5 Å². The van der Waals surface area contributed by atoms with Gasteiger partial charge in [0.05, 0.1) is 11.2 Å². The fourth-order valence-corrected chi connectivity index (χ4v) is 3.24. The third-order valence-corrected chi connectivity index (χ3v) is 4.96. The normalized spacial score (nSPS) is 19.6. The standard InChI is InChI=1S/C17H24ClN3O2/c1-20(15-4-6-21(7-5-15)11-13-2-3-13)17(22)12-23-16-8-14(18)9-19-10-16/h8-10,13,15H,2-7,11-12H2,1H3. The number of piperidine rings is 1. The Balaban J connectivity index is 1.42. The number of hydrogen-bond donors (Lipinski definition) is 0. The molecule has 0 unspecified atom stereocenters. The molecule has 1 aromatic rings. The van der Waals surface area contributed by atoms with Crippen LogP contribution >= 0.6 is 11.6 Å². The van der Waals surface area contributed by atoms with Crippen LogP contribution in [-0.2, 0) is 4.79 Å². The van der Waals surface area contributed by atoms with Gasteiger partial charge in [0, 0.05) is 45.0 Å². The second kappa shape index (κ2) is 7.49. The van der Waals surface area contributed by atoms with Crippen LogP contribution < -0.4 is 4.74 Å². The number of carbonyl (C=O) groups excluding carboxylic acids is 1. The van der Waals surface area contributed by atoms with Crippen LogP contribution in [0.15, 0.2) is 18.5 Å². The number of carbonyl (C=O) groups is 1. The first-order valence-corrected chi connectivity index (χ1v) is 8.71. The number of likely N-dealkylation sites (N-methyl/N-ethyl adjacent to an activating group) is 1. The zero-order valence-electron chi connectivity index (χ0n) is 13.6. The molecule has 0 N–H and O–H groups in total. The SMILES string of the molecule is CN(C(=O)COc1cncc(Cl)c1)C1CCN(CC2CC2)CC1. The van der Waals surface area contributed by atoms with E-state index >= 15 is 0 Å². The second-order valence-electron chi connectivity index (χ2n) is 6.61. The van der Waals surface area contributed by atoms with Crippen molar-refractivity contribution in [1.82, 2.24) is 14.8 Å². The van der Waals surface area contributed by atoms with Crippen molar-refractivity contribution >= 4 is 17.5 Å². The number of aromatic nitrogens is 1. The van der Waals surface area contributed by atoms with Crippen molar-refractivity contribution in [1.29, 1.82) is 0 Å². The van der Waals surface area contributed by atoms with Crippen LogP contribution in [0.2, 0.25) is 5.02 Å². The molecule has 0 spiro atoms. The highest BCUT2D eigenvalue weighted by Crippen LogP contribution is 2.30. The highest BCUT2D eigenvalue weighted by molar-refractivity contribution is 6.30. The lowest BCUT2D eigenvalue weighted by Gasteiger charge is -2.36. The monoisotopic (exact) mass is 337 g/mol. The summed E-state index contributed by atoms with van der Waals surface area (Å²) in [5, 5.41) is 0.506. The summed E-state index contributed by atoms with van der Waals surface area (Å²) in [7, 11) is 1.88. The maximum Gasteiger partial charge on any atom is 0.260 e. The molecule has 3 rings (SSSR count). The fraction of sp³-hybridized carbons (Fsp3) is 0.647. The van der Waals surface area contributed by atoms with Gasteiger partial charge in [0.15, 0.2) is 6.61 Å². The maximum atomic E-state index is 12.3. The lowest BCUT2D eigenvalue weighted by molar-refractivity contribution is -0.135. The number of pyridine rings is 1. The molecular formula is C17H24ClN3O2. The van der Waals surface area contributed by atoms with Crippen molar-refractivity contribution in [2.75, 3.05) is 33.3 Å². The third kappa shape index (κ3) is 4.82. The van der Waals surface area contributed by atoms with E-state index in [9.17, 15) is 4.79 Å². The molecule has 23 heavy (non-hydrogen) atoms. The number of ether oxygens (including phenoxy) is 1. The lowest BCUT2D eigenvalue weighted by Crippen LogP contribution is -2.47. The lowest BCUT2D eigenvalue weighted by atomic mass is 10.0. The van der Waals surface area contributed by atoms with E-state index in [2.05, 4.69) is 9.88 Å². The Morgan fingerprint density at radius 2 is 2.09 bits per heavy atom. The summed E-state index contributed by atoms with van der Waals surface area (Å²) < 4.78 is 5.49. The van der Waals surface area contributed by atoms with Crippen LogP contribution in [0.5, 0.6) is 5.75 Å². The van der Waals surface area contributed by atoms with E-state index in [0.717, 1.165) is 31.8 Å². The van der Waals surface area contributed by atoms with Gasteiger partial charge in [0.1, 0.15) is 5.75 Å². The van der Waals surface area contributed by atoms with Crippen molar-refractivity contribution in [3.05, 3.63) is 23.5 Å². The molecule has 5 nitrogen and oxygen atoms in total. The predicted molar refractivity (Wildman–Crippen MR) is 89.7 cm³/mol. The Bertz CT molecular complexity index is 542. The Hall–Kier alpha value is -1.33. The number of halogens is 1. The van der Waals surface area contributed by atoms with E-state index in [1.54, 1.807) is 12.3 Å². The molecule has 1 amide bonds. The van der Waals surface area contributed by atoms with Crippen LogP contribution in [0.25, 0.3) is 0 Å². The Labute approximate surface area is 142 Å². The van der Waals surface area contributed by atoms with Gasteiger partial charge in [0.2, 0.25) is 0 Å². The van der Waals surface area contributed by atoms with Crippen molar-refractivity contribution < 1.29 is 9.53 Å². The molecule has 1 saturated carbocycles. The second-order valence-corrected chi connectivity index (χ2v) is 7.04. The number of amides is 1. The summed E-state index contributed by atoms with van der Waals surface area (Å²) in [5.41, 5.74) is 0. The van der Waals surface area contributed by atoms with Gasteiger partial charge in [-0.3, -0.25) is 9.78 Å². The largest absolute Gasteiger partial charge is 0.482 e. The number of nitrogens with zero attached hydrogens (tertiary/aromatic N) is 3. The van der Waals surface area contributed by atoms with E-state index in [0.29, 0.717) is 16.8 Å². The average molecular weight is 338 g/mol. The summed E-state index contributed by atoms with van der Waals surface area (Å²) in [6.07, 6.45) is 8.00. The van der Waals surface area contributed by atoms with Gasteiger partial charge >= 0.3 is 0 Å². The van der Waals surface area contributed by atoms with E-state index < -0.39 is 0 Å². The predicted octanol–water partition coefficient (Wildman–Crippen LogP) is 2.45. The topological polar surface area (TPSA) is 45.7 Å². The number of likely N-dealkylation sites (tertiary alicyclic amines) is 1. The quantitative estimate of drug-likeness (QED) is 0.800. The first-order chi connectivity index (χ1) is 11.1. The van der Waals surface area contributed by atoms with Gasteiger partial charge in [0.25, 0.3) is 5.91 Å². The van der Waals surface area contributed by atoms with Crippen LogP contribution in [0, 0.1) is 5.92 Å². The van der Waals surface area contributed by atoms with Gasteiger partial charge in [-0.25, -0.2) is 0 Å². The van der Waals surface area contributed by atoms with Crippen molar-refractivity contribution in [3.8, 4) is 5.75 Å². The van der Waals surface area contributed by atoms with Crippen molar-refractivity contribution in [3.63, 3.8) is 0 Å². The zero-order valence-corrected chi connectivity index (χ0v) is 14.3. The molecule has 126 valence electrons. The molecule has 0 bridgehead atoms. The Morgan fingerprint density at radius 3 is 2.74 bits per heavy atom. The molecule has 1 aliphatic carbocycles. The van der Waals surface area contributed by atoms with E-state index in [1.165, 1.54) is 25.6 Å². The van der Waals surface area contributed by atoms with Gasteiger partial charge in [-0.2, -0.15) is 0 Å². The zero-order chi connectivity index (χ0) is 16.2. The highest BCUT2D eigenvalue weighted by atomic mass is 35.5. The van der Waals surface area contributed by atoms with Gasteiger partial charge in [-0.15, -0.1) is 0 Å². The molecule has 6 heteroatoms. The minimum Gasteiger partial charge on any atom is -0.482 e. The van der Waals surface area contributed by atoms with Crippen molar-refractivity contribution in [2.45, 2.75) is 31.7 Å². The van der Waals surface area contributed by atoms with Gasteiger partial charge in [-0.05, 0) is 31.6 Å². The van der Waals surface area contributed by atoms with Gasteiger partial charge in [-0.1, -0.05) is 11.6 Å². The average Bonchev–Trinajstić information content (AvgIpc) is 3.37. The van der Waals surface area contributed by atoms with Crippen LogP contribution in [0.1, 0.15) is 25.7 Å². The van der Waals surface area contributed by atoms with Crippen LogP contribution in [0.3, 0.4) is 0 Å². The minimum atomic E-state index is 0.00520. The summed E-state index contributed by atoms with van der Waals surface area (Å²) in [5.74, 6) is 1.47. The molecule has 0 aromatic carbocycles. The summed E-state index contributed by atoms with van der Waals surface area (Å²) in [4.78, 5) is 20.6. The Kier molecular flexibility index (Phi) is 5.38. The molecule has 1 aliphatic heterocycles. The number of hydrogen-bond acceptors (Lipinski definition) is 4. The molecule has 0 radical (unpaired) electrons. The molecule has 1 saturated heterocycles.